The highest BCUT2D eigenvalue weighted by Crippen LogP contribution is 2.58. The zero-order chi connectivity index (χ0) is 47.5. The lowest BCUT2D eigenvalue weighted by molar-refractivity contribution is 0.477. The molecule has 0 bridgehead atoms. The van der Waals surface area contributed by atoms with Gasteiger partial charge in [-0.25, -0.2) is 0 Å². The Kier molecular flexibility index (Phi) is 9.39. The Morgan fingerprint density at radius 2 is 0.657 bits per heavy atom. The van der Waals surface area contributed by atoms with Crippen LogP contribution in [0.4, 0.5) is 17.1 Å². The van der Waals surface area contributed by atoms with Crippen LogP contribution in [0, 0.1) is 13.8 Å². The van der Waals surface area contributed by atoms with E-state index in [9.17, 15) is 0 Å². The molecule has 336 valence electrons. The van der Waals surface area contributed by atoms with Crippen molar-refractivity contribution in [1.82, 2.24) is 0 Å². The standard InChI is InChI=1S/C68H53NO/c1-42-22-28-52-54-30-24-47(38-60(54)67(3,4)58(52)34-42)49-26-32-62-64(40-49)70-65-41-50(48-25-31-55-53-29-23-43(2)35-59(53)68(5,6)61(55)39-48)27-33-63(65)69(62)66-56(45-18-12-8-13-19-45)36-51(44-16-10-7-11-17-44)37-57(66)46-20-14-9-15-21-46/h7-41H,1-6H3. The van der Waals surface area contributed by atoms with Gasteiger partial charge >= 0.3 is 0 Å². The van der Waals surface area contributed by atoms with Crippen molar-refractivity contribution in [3.63, 3.8) is 0 Å². The molecule has 0 spiro atoms. The average Bonchev–Trinajstić information content (AvgIpc) is 3.75. The Bertz CT molecular complexity index is 3530. The van der Waals surface area contributed by atoms with E-state index in [0.717, 1.165) is 67.5 Å². The fourth-order valence-electron chi connectivity index (χ4n) is 11.8. The maximum absolute atomic E-state index is 7.29. The van der Waals surface area contributed by atoms with Gasteiger partial charge in [0.05, 0.1) is 17.1 Å². The van der Waals surface area contributed by atoms with Crippen LogP contribution in [0.2, 0.25) is 0 Å². The Hall–Kier alpha value is -8.20. The average molecular weight is 900 g/mol. The molecule has 2 nitrogen and oxygen atoms in total. The topological polar surface area (TPSA) is 12.5 Å². The molecular weight excluding hydrogens is 847 g/mol. The van der Waals surface area contributed by atoms with E-state index in [1.54, 1.807) is 0 Å². The second kappa shape index (κ2) is 15.7. The molecule has 0 amide bonds. The third kappa shape index (κ3) is 6.54. The quantitative estimate of drug-likeness (QED) is 0.165. The van der Waals surface area contributed by atoms with E-state index in [0.29, 0.717) is 0 Å². The molecule has 70 heavy (non-hydrogen) atoms. The van der Waals surface area contributed by atoms with E-state index in [-0.39, 0.29) is 10.8 Å². The molecule has 10 aromatic rings. The molecule has 13 rings (SSSR count). The van der Waals surface area contributed by atoms with Gasteiger partial charge in [0.15, 0.2) is 11.5 Å². The van der Waals surface area contributed by atoms with Crippen LogP contribution < -0.4 is 9.64 Å². The fraction of sp³-hybridized carbons (Fsp3) is 0.118. The summed E-state index contributed by atoms with van der Waals surface area (Å²) in [5.74, 6) is 1.62. The molecule has 0 unspecified atom stereocenters. The van der Waals surface area contributed by atoms with Crippen molar-refractivity contribution in [2.75, 3.05) is 4.90 Å². The Balaban J connectivity index is 1.02. The Morgan fingerprint density at radius 3 is 1.09 bits per heavy atom. The largest absolute Gasteiger partial charge is 0.453 e. The molecule has 0 saturated heterocycles. The van der Waals surface area contributed by atoms with Crippen LogP contribution in [0.25, 0.3) is 77.9 Å². The second-order valence-electron chi connectivity index (χ2n) is 20.7. The van der Waals surface area contributed by atoms with Gasteiger partial charge in [0.2, 0.25) is 0 Å². The van der Waals surface area contributed by atoms with E-state index in [1.165, 1.54) is 72.3 Å². The first kappa shape index (κ1) is 41.9. The van der Waals surface area contributed by atoms with Crippen molar-refractivity contribution in [2.45, 2.75) is 52.4 Å². The van der Waals surface area contributed by atoms with Crippen LogP contribution in [0.5, 0.6) is 11.5 Å². The molecule has 0 radical (unpaired) electrons. The number of anilines is 3. The van der Waals surface area contributed by atoms with Crippen molar-refractivity contribution in [1.29, 1.82) is 0 Å². The Morgan fingerprint density at radius 1 is 0.300 bits per heavy atom. The molecule has 0 aromatic heterocycles. The van der Waals surface area contributed by atoms with E-state index in [2.05, 4.69) is 259 Å². The number of nitrogens with zero attached hydrogens (tertiary/aromatic N) is 1. The third-order valence-electron chi connectivity index (χ3n) is 15.6. The van der Waals surface area contributed by atoms with E-state index < -0.39 is 0 Å². The Labute approximate surface area is 412 Å². The van der Waals surface area contributed by atoms with Gasteiger partial charge < -0.3 is 9.64 Å². The van der Waals surface area contributed by atoms with Crippen LogP contribution in [-0.2, 0) is 10.8 Å². The number of aryl methyl sites for hydroxylation is 2. The zero-order valence-corrected chi connectivity index (χ0v) is 40.6. The third-order valence-corrected chi connectivity index (χ3v) is 15.6. The van der Waals surface area contributed by atoms with Crippen LogP contribution in [-0.4, -0.2) is 0 Å². The highest BCUT2D eigenvalue weighted by atomic mass is 16.5. The molecule has 1 aliphatic heterocycles. The van der Waals surface area contributed by atoms with E-state index in [1.807, 2.05) is 0 Å². The molecule has 0 fully saturated rings. The van der Waals surface area contributed by atoms with E-state index in [4.69, 9.17) is 4.74 Å². The summed E-state index contributed by atoms with van der Waals surface area (Å²) in [6, 6.07) is 78.7. The van der Waals surface area contributed by atoms with Gasteiger partial charge in [-0.05, 0) is 151 Å². The lowest BCUT2D eigenvalue weighted by Gasteiger charge is -2.36. The molecule has 0 N–H and O–H groups in total. The van der Waals surface area contributed by atoms with Gasteiger partial charge in [-0.2, -0.15) is 0 Å². The van der Waals surface area contributed by atoms with Crippen molar-refractivity contribution in [3.8, 4) is 89.4 Å². The SMILES string of the molecule is Cc1ccc2c(c1)C(C)(C)c1cc(-c3ccc4c(c3)Oc3cc(-c5ccc6c(c5)C(C)(C)c5cc(C)ccc5-6)ccc3N4c3c(-c4ccccc4)cc(-c4ccccc4)cc3-c3ccccc3)ccc1-2. The van der Waals surface area contributed by atoms with Gasteiger partial charge in [0, 0.05) is 22.0 Å². The molecule has 2 aliphatic carbocycles. The van der Waals surface area contributed by atoms with Crippen LogP contribution in [0.15, 0.2) is 212 Å². The minimum absolute atomic E-state index is 0.119. The maximum Gasteiger partial charge on any atom is 0.152 e. The summed E-state index contributed by atoms with van der Waals surface area (Å²) in [4.78, 5) is 2.47. The van der Waals surface area contributed by atoms with Gasteiger partial charge in [0.1, 0.15) is 0 Å². The number of hydrogen-bond donors (Lipinski definition) is 0. The van der Waals surface area contributed by atoms with Crippen molar-refractivity contribution >= 4 is 17.1 Å². The predicted molar refractivity (Wildman–Crippen MR) is 293 cm³/mol. The maximum atomic E-state index is 7.29. The lowest BCUT2D eigenvalue weighted by Crippen LogP contribution is -2.18. The highest BCUT2D eigenvalue weighted by Gasteiger charge is 2.38. The number of fused-ring (bicyclic) bond motifs is 8. The number of hydrogen-bond acceptors (Lipinski definition) is 2. The van der Waals surface area contributed by atoms with Gasteiger partial charge in [0.25, 0.3) is 0 Å². The number of ether oxygens (including phenoxy) is 1. The van der Waals surface area contributed by atoms with Gasteiger partial charge in [-0.15, -0.1) is 0 Å². The van der Waals surface area contributed by atoms with Crippen molar-refractivity contribution < 1.29 is 4.74 Å². The summed E-state index contributed by atoms with van der Waals surface area (Å²) in [7, 11) is 0. The minimum atomic E-state index is -0.119. The summed E-state index contributed by atoms with van der Waals surface area (Å²) in [6.07, 6.45) is 0. The number of benzene rings is 10. The molecule has 3 aliphatic rings. The molecule has 2 heteroatoms. The molecule has 10 aromatic carbocycles. The lowest BCUT2D eigenvalue weighted by atomic mass is 9.81. The van der Waals surface area contributed by atoms with Crippen LogP contribution >= 0.6 is 0 Å². The first-order valence-electron chi connectivity index (χ1n) is 24.6. The second-order valence-corrected chi connectivity index (χ2v) is 20.7. The zero-order valence-electron chi connectivity index (χ0n) is 40.6. The number of rotatable bonds is 6. The van der Waals surface area contributed by atoms with Gasteiger partial charge in [-0.1, -0.05) is 203 Å². The van der Waals surface area contributed by atoms with Crippen LogP contribution in [0.3, 0.4) is 0 Å². The predicted octanol–water partition coefficient (Wildman–Crippen LogP) is 18.8. The summed E-state index contributed by atoms with van der Waals surface area (Å²) in [5, 5.41) is 0. The molecule has 1 heterocycles. The normalized spacial score (nSPS) is 14.2. The highest BCUT2D eigenvalue weighted by molar-refractivity contribution is 6.03. The fourth-order valence-corrected chi connectivity index (χ4v) is 11.8. The summed E-state index contributed by atoms with van der Waals surface area (Å²) < 4.78 is 7.29. The molecule has 0 atom stereocenters. The molecular formula is C68H53NO. The van der Waals surface area contributed by atoms with Crippen LogP contribution in [0.1, 0.15) is 61.1 Å². The molecule has 0 saturated carbocycles. The van der Waals surface area contributed by atoms with Crippen molar-refractivity contribution in [3.05, 3.63) is 246 Å². The smallest absolute Gasteiger partial charge is 0.152 e. The monoisotopic (exact) mass is 899 g/mol. The summed E-state index contributed by atoms with van der Waals surface area (Å²) in [6.45, 7) is 13.8. The summed E-state index contributed by atoms with van der Waals surface area (Å²) in [5.41, 5.74) is 27.7. The van der Waals surface area contributed by atoms with E-state index >= 15 is 0 Å². The van der Waals surface area contributed by atoms with Gasteiger partial charge in [-0.3, -0.25) is 0 Å². The summed E-state index contributed by atoms with van der Waals surface area (Å²) >= 11 is 0. The first-order chi connectivity index (χ1) is 34.0. The minimum Gasteiger partial charge on any atom is -0.453 e. The van der Waals surface area contributed by atoms with Crippen molar-refractivity contribution in [2.24, 2.45) is 0 Å². The first-order valence-corrected chi connectivity index (χ1v) is 24.6.